The number of hydrogen-bond acceptors (Lipinski definition) is 4. The third-order valence-corrected chi connectivity index (χ3v) is 3.03. The summed E-state index contributed by atoms with van der Waals surface area (Å²) < 4.78 is 41.6. The molecule has 114 valence electrons. The number of alkyl halides is 3. The van der Waals surface area contributed by atoms with E-state index in [0.29, 0.717) is 6.42 Å². The Morgan fingerprint density at radius 3 is 2.10 bits per heavy atom. The summed E-state index contributed by atoms with van der Waals surface area (Å²) >= 11 is 0. The van der Waals surface area contributed by atoms with Gasteiger partial charge >= 0.3 is 12.1 Å². The van der Waals surface area contributed by atoms with E-state index >= 15 is 0 Å². The molecular weight excluding hydrogens is 285 g/mol. The highest BCUT2D eigenvalue weighted by Crippen LogP contribution is 2.33. The van der Waals surface area contributed by atoms with E-state index in [1.165, 1.54) is 19.1 Å². The molecule has 0 aromatic carbocycles. The predicted molar refractivity (Wildman–Crippen MR) is 67.2 cm³/mol. The van der Waals surface area contributed by atoms with Gasteiger partial charge in [0.1, 0.15) is 0 Å². The third kappa shape index (κ3) is 6.19. The van der Waals surface area contributed by atoms with Crippen molar-refractivity contribution in [2.45, 2.75) is 51.3 Å². The van der Waals surface area contributed by atoms with Crippen LogP contribution in [0.3, 0.4) is 0 Å². The number of nitriles is 2. The molecule has 1 unspecified atom stereocenters. The Morgan fingerprint density at radius 2 is 1.76 bits per heavy atom. The molecule has 7 heteroatoms. The van der Waals surface area contributed by atoms with Gasteiger partial charge in [-0.05, 0) is 19.8 Å². The molecule has 1 atom stereocenters. The first-order valence-electron chi connectivity index (χ1n) is 6.14. The lowest BCUT2D eigenvalue weighted by molar-refractivity contribution is -0.156. The fraction of sp³-hybridized carbons (Fsp3) is 0.643. The Bertz CT molecular complexity index is 494. The summed E-state index contributed by atoms with van der Waals surface area (Å²) in [6.07, 6.45) is -1.90. The Balaban J connectivity index is 4.96. The lowest BCUT2D eigenvalue weighted by atomic mass is 9.83. The fourth-order valence-corrected chi connectivity index (χ4v) is 1.40. The number of terminal acetylenes is 1. The lowest BCUT2D eigenvalue weighted by Gasteiger charge is -2.25. The van der Waals surface area contributed by atoms with Crippen LogP contribution in [0.2, 0.25) is 0 Å². The van der Waals surface area contributed by atoms with E-state index in [-0.39, 0.29) is 0 Å². The summed E-state index contributed by atoms with van der Waals surface area (Å²) in [6, 6.07) is 2.95. The molecule has 0 aliphatic carbocycles. The van der Waals surface area contributed by atoms with Crippen molar-refractivity contribution in [2.24, 2.45) is 5.41 Å². The zero-order valence-electron chi connectivity index (χ0n) is 11.8. The quantitative estimate of drug-likeness (QED) is 0.558. The number of esters is 1. The minimum Gasteiger partial charge on any atom is -0.446 e. The molecule has 21 heavy (non-hydrogen) atoms. The normalized spacial score (nSPS) is 14.2. The number of hydrogen-bond donors (Lipinski definition) is 0. The lowest BCUT2D eigenvalue weighted by Crippen LogP contribution is -2.32. The van der Waals surface area contributed by atoms with E-state index in [2.05, 4.69) is 5.92 Å². The van der Waals surface area contributed by atoms with Crippen molar-refractivity contribution in [3.8, 4) is 24.5 Å². The highest BCUT2D eigenvalue weighted by atomic mass is 19.4. The van der Waals surface area contributed by atoms with Crippen molar-refractivity contribution >= 4 is 5.97 Å². The molecule has 0 aromatic rings. The summed E-state index contributed by atoms with van der Waals surface area (Å²) in [7, 11) is 0. The number of nitrogens with zero attached hydrogens (tertiary/aromatic N) is 2. The Hall–Kier alpha value is -2.20. The zero-order valence-corrected chi connectivity index (χ0v) is 11.8. The zero-order chi connectivity index (χ0) is 16.7. The Morgan fingerprint density at radius 1 is 1.24 bits per heavy atom. The van der Waals surface area contributed by atoms with Gasteiger partial charge in [-0.15, -0.1) is 6.42 Å². The number of rotatable bonds is 6. The number of ether oxygens (including phenoxy) is 1. The van der Waals surface area contributed by atoms with E-state index in [1.807, 2.05) is 0 Å². The molecule has 0 heterocycles. The largest absolute Gasteiger partial charge is 0.446 e. The molecule has 0 fully saturated rings. The van der Waals surface area contributed by atoms with Gasteiger partial charge in [-0.3, -0.25) is 4.79 Å². The highest BCUT2D eigenvalue weighted by molar-refractivity contribution is 5.72. The predicted octanol–water partition coefficient (Wildman–Crippen LogP) is 3.10. The van der Waals surface area contributed by atoms with Crippen molar-refractivity contribution in [1.82, 2.24) is 0 Å². The van der Waals surface area contributed by atoms with Crippen LogP contribution in [0.25, 0.3) is 0 Å². The molecule has 0 amide bonds. The van der Waals surface area contributed by atoms with E-state index in [0.717, 1.165) is 0 Å². The van der Waals surface area contributed by atoms with E-state index in [9.17, 15) is 18.0 Å². The van der Waals surface area contributed by atoms with Gasteiger partial charge in [-0.1, -0.05) is 12.8 Å². The van der Waals surface area contributed by atoms with Crippen LogP contribution in [0, 0.1) is 40.4 Å². The average molecular weight is 300 g/mol. The number of carbonyl (C=O) groups excluding carboxylic acids is 1. The SMILES string of the molecule is C#CC(C)(CC)OC(=O)CC(C#N)(C#N)CCC(F)(F)F. The van der Waals surface area contributed by atoms with Gasteiger partial charge in [-0.25, -0.2) is 0 Å². The van der Waals surface area contributed by atoms with E-state index < -0.39 is 42.4 Å². The van der Waals surface area contributed by atoms with Gasteiger partial charge in [0.25, 0.3) is 0 Å². The monoisotopic (exact) mass is 300 g/mol. The first-order valence-corrected chi connectivity index (χ1v) is 6.14. The molecular formula is C14H15F3N2O2. The van der Waals surface area contributed by atoms with Crippen LogP contribution in [0.1, 0.15) is 39.5 Å². The molecule has 0 spiro atoms. The highest BCUT2D eigenvalue weighted by Gasteiger charge is 2.40. The topological polar surface area (TPSA) is 73.9 Å². The average Bonchev–Trinajstić information content (AvgIpc) is 2.42. The van der Waals surface area contributed by atoms with Crippen LogP contribution in [-0.4, -0.2) is 17.7 Å². The van der Waals surface area contributed by atoms with Gasteiger partial charge in [0.15, 0.2) is 11.0 Å². The molecule has 4 nitrogen and oxygen atoms in total. The van der Waals surface area contributed by atoms with Crippen molar-refractivity contribution in [3.05, 3.63) is 0 Å². The maximum atomic E-state index is 12.2. The molecule has 0 saturated heterocycles. The Labute approximate surface area is 121 Å². The maximum absolute atomic E-state index is 12.2. The minimum absolute atomic E-state index is 0.296. The van der Waals surface area contributed by atoms with Gasteiger partial charge in [-0.2, -0.15) is 23.7 Å². The standard InChI is InChI=1S/C14H15F3N2O2/c1-4-12(3,5-2)21-11(20)8-13(9-18,10-19)6-7-14(15,16)17/h1H,5-8H2,2-3H3. The second-order valence-corrected chi connectivity index (χ2v) is 4.80. The van der Waals surface area contributed by atoms with Crippen LogP contribution in [0.4, 0.5) is 13.2 Å². The van der Waals surface area contributed by atoms with Gasteiger partial charge in [0.2, 0.25) is 0 Å². The van der Waals surface area contributed by atoms with Crippen molar-refractivity contribution in [1.29, 1.82) is 10.5 Å². The summed E-state index contributed by atoms with van der Waals surface area (Å²) in [5.41, 5.74) is -3.28. The molecule has 0 aliphatic rings. The summed E-state index contributed by atoms with van der Waals surface area (Å²) in [4.78, 5) is 11.7. The molecule has 0 N–H and O–H groups in total. The molecule has 0 radical (unpaired) electrons. The molecule has 0 rings (SSSR count). The van der Waals surface area contributed by atoms with Crippen LogP contribution >= 0.6 is 0 Å². The van der Waals surface area contributed by atoms with Crippen LogP contribution < -0.4 is 0 Å². The minimum atomic E-state index is -4.51. The van der Waals surface area contributed by atoms with Crippen LogP contribution in [0.15, 0.2) is 0 Å². The van der Waals surface area contributed by atoms with Crippen LogP contribution in [0.5, 0.6) is 0 Å². The Kier molecular flexibility index (Phi) is 6.26. The number of halogens is 3. The molecule has 0 saturated carbocycles. The molecule has 0 bridgehead atoms. The van der Waals surface area contributed by atoms with Gasteiger partial charge < -0.3 is 4.74 Å². The van der Waals surface area contributed by atoms with Crippen LogP contribution in [-0.2, 0) is 9.53 Å². The third-order valence-electron chi connectivity index (χ3n) is 3.03. The van der Waals surface area contributed by atoms with Crippen molar-refractivity contribution in [2.75, 3.05) is 0 Å². The smallest absolute Gasteiger partial charge is 0.389 e. The summed E-state index contributed by atoms with van der Waals surface area (Å²) in [6.45, 7) is 3.12. The van der Waals surface area contributed by atoms with Gasteiger partial charge in [0, 0.05) is 6.42 Å². The maximum Gasteiger partial charge on any atom is 0.389 e. The second kappa shape index (κ2) is 6.99. The first-order chi connectivity index (χ1) is 9.55. The second-order valence-electron chi connectivity index (χ2n) is 4.80. The van der Waals surface area contributed by atoms with Crippen molar-refractivity contribution in [3.63, 3.8) is 0 Å². The molecule has 0 aromatic heterocycles. The summed E-state index contributed by atoms with van der Waals surface area (Å²) in [5.74, 6) is 1.28. The van der Waals surface area contributed by atoms with E-state index in [1.54, 1.807) is 6.92 Å². The summed E-state index contributed by atoms with van der Waals surface area (Å²) in [5, 5.41) is 17.9. The van der Waals surface area contributed by atoms with Crippen molar-refractivity contribution < 1.29 is 22.7 Å². The molecule has 0 aliphatic heterocycles. The van der Waals surface area contributed by atoms with E-state index in [4.69, 9.17) is 21.7 Å². The fourth-order valence-electron chi connectivity index (χ4n) is 1.40. The number of carbonyl (C=O) groups is 1. The first kappa shape index (κ1) is 18.8. The van der Waals surface area contributed by atoms with Gasteiger partial charge in [0.05, 0.1) is 18.6 Å².